The monoisotopic (exact) mass is 348 g/mol. The molecule has 1 aromatic carbocycles. The molecule has 0 spiro atoms. The highest BCUT2D eigenvalue weighted by atomic mass is 16.5. The third-order valence-corrected chi connectivity index (χ3v) is 4.64. The van der Waals surface area contributed by atoms with Crippen LogP contribution in [0.25, 0.3) is 28.0 Å². The molecule has 0 fully saturated rings. The summed E-state index contributed by atoms with van der Waals surface area (Å²) < 4.78 is 13.2. The van der Waals surface area contributed by atoms with Crippen LogP contribution in [-0.2, 0) is 9.47 Å². The Morgan fingerprint density at radius 3 is 2.92 bits per heavy atom. The van der Waals surface area contributed by atoms with E-state index in [2.05, 4.69) is 27.8 Å². The summed E-state index contributed by atoms with van der Waals surface area (Å²) in [6, 6.07) is 9.94. The Morgan fingerprint density at radius 1 is 1.35 bits per heavy atom. The third kappa shape index (κ3) is 2.47. The minimum absolute atomic E-state index is 0.264. The van der Waals surface area contributed by atoms with Gasteiger partial charge in [0, 0.05) is 23.4 Å². The summed E-state index contributed by atoms with van der Waals surface area (Å²) in [4.78, 5) is 16.8. The largest absolute Gasteiger partial charge is 0.487 e. The Morgan fingerprint density at radius 2 is 2.15 bits per heavy atom. The van der Waals surface area contributed by atoms with Crippen LogP contribution in [0.15, 0.2) is 48.2 Å². The van der Waals surface area contributed by atoms with Gasteiger partial charge in [-0.2, -0.15) is 0 Å². The minimum atomic E-state index is -0.446. The van der Waals surface area contributed by atoms with Crippen LogP contribution >= 0.6 is 0 Å². The summed E-state index contributed by atoms with van der Waals surface area (Å²) in [5, 5.41) is 2.05. The first-order valence-electron chi connectivity index (χ1n) is 8.62. The van der Waals surface area contributed by atoms with Gasteiger partial charge < -0.3 is 14.0 Å². The molecular formula is C21H20N2O3. The molecule has 26 heavy (non-hydrogen) atoms. The van der Waals surface area contributed by atoms with Crippen molar-refractivity contribution < 1.29 is 14.3 Å². The molecule has 4 rings (SSSR count). The number of methoxy groups -OCH3 is 1. The third-order valence-electron chi connectivity index (χ3n) is 4.64. The number of hydrogen-bond acceptors (Lipinski definition) is 4. The van der Waals surface area contributed by atoms with E-state index in [-0.39, 0.29) is 6.10 Å². The zero-order chi connectivity index (χ0) is 18.3. The van der Waals surface area contributed by atoms with Crippen molar-refractivity contribution in [3.8, 4) is 0 Å². The maximum absolute atomic E-state index is 12.2. The first-order chi connectivity index (χ1) is 12.6. The molecule has 0 saturated heterocycles. The molecule has 1 unspecified atom stereocenters. The van der Waals surface area contributed by atoms with Gasteiger partial charge in [0.2, 0.25) is 0 Å². The zero-order valence-electron chi connectivity index (χ0n) is 15.0. The van der Waals surface area contributed by atoms with Crippen LogP contribution in [0.1, 0.15) is 42.6 Å². The highest BCUT2D eigenvalue weighted by molar-refractivity contribution is 6.11. The molecule has 5 nitrogen and oxygen atoms in total. The second kappa shape index (κ2) is 6.33. The van der Waals surface area contributed by atoms with Crippen LogP contribution < -0.4 is 0 Å². The van der Waals surface area contributed by atoms with Gasteiger partial charge in [-0.1, -0.05) is 30.4 Å². The molecule has 1 aliphatic rings. The van der Waals surface area contributed by atoms with E-state index >= 15 is 0 Å². The van der Waals surface area contributed by atoms with Gasteiger partial charge in [0.05, 0.1) is 18.1 Å². The fraction of sp³-hybridized carbons (Fsp3) is 0.238. The summed E-state index contributed by atoms with van der Waals surface area (Å²) >= 11 is 0. The van der Waals surface area contributed by atoms with Crippen LogP contribution in [0.3, 0.4) is 0 Å². The summed E-state index contributed by atoms with van der Waals surface area (Å²) in [6.07, 6.45) is 6.44. The van der Waals surface area contributed by atoms with Crippen LogP contribution in [0.4, 0.5) is 0 Å². The van der Waals surface area contributed by atoms with Crippen molar-refractivity contribution in [1.82, 2.24) is 9.55 Å². The van der Waals surface area contributed by atoms with Gasteiger partial charge in [-0.15, -0.1) is 0 Å². The average molecular weight is 348 g/mol. The molecule has 0 bridgehead atoms. The minimum Gasteiger partial charge on any atom is -0.487 e. The van der Waals surface area contributed by atoms with Crippen molar-refractivity contribution in [1.29, 1.82) is 0 Å². The standard InChI is InChI=1S/C21H20N2O3/c1-4-5-10-18-19-20-15(11-16(22-19)21(24)25-3)14-8-6-7-9-17(14)23(20)12-13(2)26-18/h4-9,11-12,18H,10H2,1-3H3/b5-4+. The Bertz CT molecular complexity index is 1080. The number of pyridine rings is 1. The van der Waals surface area contributed by atoms with Crippen molar-refractivity contribution in [2.75, 3.05) is 7.11 Å². The number of ether oxygens (including phenoxy) is 2. The van der Waals surface area contributed by atoms with E-state index < -0.39 is 5.97 Å². The number of hydrogen-bond donors (Lipinski definition) is 0. The molecule has 0 radical (unpaired) electrons. The van der Waals surface area contributed by atoms with Crippen LogP contribution in [0, 0.1) is 0 Å². The Hall–Kier alpha value is -3.08. The normalized spacial score (nSPS) is 16.6. The fourth-order valence-electron chi connectivity index (χ4n) is 3.53. The molecule has 1 aliphatic heterocycles. The van der Waals surface area contributed by atoms with Gasteiger partial charge >= 0.3 is 5.97 Å². The SMILES string of the molecule is C/C=C/CC1OC(C)=Cn2c3ccccc3c3cc(C(=O)OC)nc1c32. The van der Waals surface area contributed by atoms with Crippen molar-refractivity contribution in [2.45, 2.75) is 26.4 Å². The van der Waals surface area contributed by atoms with E-state index in [0.717, 1.165) is 33.3 Å². The maximum atomic E-state index is 12.2. The number of esters is 1. The molecular weight excluding hydrogens is 328 g/mol. The number of para-hydroxylation sites is 1. The van der Waals surface area contributed by atoms with Crippen molar-refractivity contribution in [2.24, 2.45) is 0 Å². The van der Waals surface area contributed by atoms with Crippen molar-refractivity contribution in [3.05, 3.63) is 59.6 Å². The van der Waals surface area contributed by atoms with Gasteiger partial charge in [0.15, 0.2) is 0 Å². The Kier molecular flexibility index (Phi) is 3.99. The predicted molar refractivity (Wildman–Crippen MR) is 102 cm³/mol. The molecule has 0 aliphatic carbocycles. The van der Waals surface area contributed by atoms with Crippen molar-refractivity contribution >= 4 is 34.0 Å². The highest BCUT2D eigenvalue weighted by Gasteiger charge is 2.26. The fourth-order valence-corrected chi connectivity index (χ4v) is 3.53. The van der Waals surface area contributed by atoms with E-state index in [4.69, 9.17) is 9.47 Å². The second-order valence-corrected chi connectivity index (χ2v) is 6.32. The lowest BCUT2D eigenvalue weighted by molar-refractivity contribution is 0.0592. The van der Waals surface area contributed by atoms with E-state index in [1.807, 2.05) is 44.3 Å². The lowest BCUT2D eigenvalue weighted by atomic mass is 10.1. The molecule has 5 heteroatoms. The van der Waals surface area contributed by atoms with Gasteiger partial charge in [-0.25, -0.2) is 9.78 Å². The van der Waals surface area contributed by atoms with Crippen LogP contribution in [-0.4, -0.2) is 22.6 Å². The molecule has 0 N–H and O–H groups in total. The van der Waals surface area contributed by atoms with E-state index in [1.165, 1.54) is 7.11 Å². The van der Waals surface area contributed by atoms with E-state index in [9.17, 15) is 4.79 Å². The summed E-state index contributed by atoms with van der Waals surface area (Å²) in [6.45, 7) is 3.92. The lowest BCUT2D eigenvalue weighted by Gasteiger charge is -2.17. The summed E-state index contributed by atoms with van der Waals surface area (Å²) in [7, 11) is 1.37. The smallest absolute Gasteiger partial charge is 0.356 e. The zero-order valence-corrected chi connectivity index (χ0v) is 15.0. The molecule has 0 amide bonds. The molecule has 3 heterocycles. The molecule has 1 atom stereocenters. The number of benzene rings is 1. The van der Waals surface area contributed by atoms with Crippen LogP contribution in [0.5, 0.6) is 0 Å². The number of rotatable bonds is 3. The molecule has 3 aromatic rings. The molecule has 2 aromatic heterocycles. The topological polar surface area (TPSA) is 53.4 Å². The van der Waals surface area contributed by atoms with Gasteiger partial charge in [0.25, 0.3) is 0 Å². The van der Waals surface area contributed by atoms with Gasteiger partial charge in [0.1, 0.15) is 23.3 Å². The Labute approximate surface area is 151 Å². The number of carbonyl (C=O) groups is 1. The quantitative estimate of drug-likeness (QED) is 0.502. The van der Waals surface area contributed by atoms with Crippen molar-refractivity contribution in [3.63, 3.8) is 0 Å². The first kappa shape index (κ1) is 16.4. The maximum Gasteiger partial charge on any atom is 0.356 e. The number of carbonyl (C=O) groups excluding carboxylic acids is 1. The predicted octanol–water partition coefficient (Wildman–Crippen LogP) is 4.83. The number of nitrogens with zero attached hydrogens (tertiary/aromatic N) is 2. The average Bonchev–Trinajstić information content (AvgIpc) is 2.89. The molecule has 0 saturated carbocycles. The molecule has 132 valence electrons. The Balaban J connectivity index is 2.12. The second-order valence-electron chi connectivity index (χ2n) is 6.32. The van der Waals surface area contributed by atoms with E-state index in [0.29, 0.717) is 12.1 Å². The number of aromatic nitrogens is 2. The summed E-state index contributed by atoms with van der Waals surface area (Å²) in [5.41, 5.74) is 3.09. The van der Waals surface area contributed by atoms with Crippen LogP contribution in [0.2, 0.25) is 0 Å². The number of allylic oxidation sites excluding steroid dienone is 2. The number of fused-ring (bicyclic) bond motifs is 3. The van der Waals surface area contributed by atoms with Gasteiger partial charge in [-0.05, 0) is 26.0 Å². The van der Waals surface area contributed by atoms with E-state index in [1.54, 1.807) is 0 Å². The highest BCUT2D eigenvalue weighted by Crippen LogP contribution is 2.38. The summed E-state index contributed by atoms with van der Waals surface area (Å²) in [5.74, 6) is 0.360. The van der Waals surface area contributed by atoms with Gasteiger partial charge in [-0.3, -0.25) is 0 Å². The lowest BCUT2D eigenvalue weighted by Crippen LogP contribution is -2.10. The first-order valence-corrected chi connectivity index (χ1v) is 8.62.